The molecule has 0 atom stereocenters. The van der Waals surface area contributed by atoms with Gasteiger partial charge in [-0.15, -0.1) is 12.4 Å². The van der Waals surface area contributed by atoms with Gasteiger partial charge in [0.25, 0.3) is 5.92 Å². The first-order valence-corrected chi connectivity index (χ1v) is 4.49. The zero-order valence-electron chi connectivity index (χ0n) is 6.45. The summed E-state index contributed by atoms with van der Waals surface area (Å²) in [4.78, 5) is 0. The highest BCUT2D eigenvalue weighted by Crippen LogP contribution is 2.76. The average Bonchev–Trinajstić information content (AvgIpc) is 1.79. The maximum atomic E-state index is 13.0. The molecule has 0 aromatic rings. The first kappa shape index (κ1) is 10.7. The molecule has 72 valence electrons. The number of halogens is 4. The van der Waals surface area contributed by atoms with Crippen LogP contribution in [0.4, 0.5) is 8.78 Å². The van der Waals surface area contributed by atoms with Crippen LogP contribution in [-0.4, -0.2) is 16.8 Å². The van der Waals surface area contributed by atoms with E-state index >= 15 is 0 Å². The van der Waals surface area contributed by atoms with Gasteiger partial charge in [0.05, 0.1) is 6.54 Å². The third-order valence-corrected chi connectivity index (χ3v) is 3.84. The molecule has 5 heteroatoms. The molecular weight excluding hydrogens is 251 g/mol. The molecule has 0 aromatic carbocycles. The third kappa shape index (κ3) is 1.04. The summed E-state index contributed by atoms with van der Waals surface area (Å²) >= 11 is 3.41. The summed E-state index contributed by atoms with van der Waals surface area (Å²) in [7, 11) is 0. The van der Waals surface area contributed by atoms with Crippen molar-refractivity contribution in [2.75, 3.05) is 6.54 Å². The van der Waals surface area contributed by atoms with Gasteiger partial charge in [-0.25, -0.2) is 8.78 Å². The molecule has 0 unspecified atom stereocenters. The lowest BCUT2D eigenvalue weighted by Crippen LogP contribution is -2.72. The molecule has 0 heterocycles. The Morgan fingerprint density at radius 3 is 2.00 bits per heavy atom. The highest BCUT2D eigenvalue weighted by Gasteiger charge is 2.75. The van der Waals surface area contributed by atoms with E-state index < -0.39 is 17.9 Å². The minimum Gasteiger partial charge on any atom is -0.325 e. The van der Waals surface area contributed by atoms with Crippen LogP contribution >= 0.6 is 28.3 Å². The molecule has 2 N–H and O–H groups in total. The van der Waals surface area contributed by atoms with Crippen molar-refractivity contribution in [1.82, 2.24) is 0 Å². The van der Waals surface area contributed by atoms with Crippen molar-refractivity contribution >= 4 is 28.3 Å². The second-order valence-electron chi connectivity index (χ2n) is 3.87. The van der Waals surface area contributed by atoms with Crippen LogP contribution < -0.4 is 5.73 Å². The number of hydrogen-bond donors (Lipinski definition) is 1. The quantitative estimate of drug-likeness (QED) is 0.760. The number of nitrogens with two attached hydrogens (primary N) is 1. The van der Waals surface area contributed by atoms with E-state index in [4.69, 9.17) is 5.73 Å². The van der Waals surface area contributed by atoms with Crippen LogP contribution in [-0.2, 0) is 0 Å². The molecule has 0 spiro atoms. The zero-order valence-corrected chi connectivity index (χ0v) is 8.85. The summed E-state index contributed by atoms with van der Waals surface area (Å²) in [5.74, 6) is -2.64. The van der Waals surface area contributed by atoms with Gasteiger partial charge in [0.1, 0.15) is 0 Å². The lowest BCUT2D eigenvalue weighted by molar-refractivity contribution is -0.240. The number of alkyl halides is 3. The van der Waals surface area contributed by atoms with Crippen LogP contribution in [0.5, 0.6) is 0 Å². The van der Waals surface area contributed by atoms with E-state index in [0.717, 1.165) is 0 Å². The van der Waals surface area contributed by atoms with Gasteiger partial charge >= 0.3 is 0 Å². The van der Waals surface area contributed by atoms with Crippen molar-refractivity contribution in [1.29, 1.82) is 0 Å². The molecule has 2 bridgehead atoms. The smallest absolute Gasteiger partial charge is 0.265 e. The summed E-state index contributed by atoms with van der Waals surface area (Å²) in [5.41, 5.74) is 4.27. The fourth-order valence-electron chi connectivity index (χ4n) is 2.27. The monoisotopic (exact) mass is 261 g/mol. The summed E-state index contributed by atoms with van der Waals surface area (Å²) in [5, 5.41) is 0. The summed E-state index contributed by atoms with van der Waals surface area (Å²) in [6.45, 7) is -0.504. The molecule has 0 amide bonds. The fourth-order valence-corrected chi connectivity index (χ4v) is 3.88. The zero-order chi connectivity index (χ0) is 8.33. The maximum Gasteiger partial charge on any atom is 0.265 e. The second kappa shape index (κ2) is 2.55. The molecule has 12 heavy (non-hydrogen) atoms. The molecule has 0 radical (unpaired) electrons. The Morgan fingerprint density at radius 2 is 1.75 bits per heavy atom. The van der Waals surface area contributed by atoms with Gasteiger partial charge in [-0.2, -0.15) is 0 Å². The first-order valence-electron chi connectivity index (χ1n) is 3.70. The van der Waals surface area contributed by atoms with Crippen molar-refractivity contribution in [3.8, 4) is 0 Å². The summed E-state index contributed by atoms with van der Waals surface area (Å²) < 4.78 is 26.1. The van der Waals surface area contributed by atoms with Crippen LogP contribution in [0.25, 0.3) is 0 Å². The van der Waals surface area contributed by atoms with Crippen LogP contribution in [0.2, 0.25) is 0 Å². The summed E-state index contributed by atoms with van der Waals surface area (Å²) in [6.07, 6.45) is 1.80. The van der Waals surface area contributed by atoms with Gasteiger partial charge in [-0.1, -0.05) is 15.9 Å². The summed E-state index contributed by atoms with van der Waals surface area (Å²) in [6, 6.07) is 0. The van der Waals surface area contributed by atoms with E-state index in [1.165, 1.54) is 0 Å². The van der Waals surface area contributed by atoms with Gasteiger partial charge in [-0.3, -0.25) is 0 Å². The van der Waals surface area contributed by atoms with Crippen molar-refractivity contribution in [3.05, 3.63) is 0 Å². The SMILES string of the molecule is Cl.NCC(F)(F)C12CC(Br)(C1)C2. The van der Waals surface area contributed by atoms with Crippen LogP contribution in [0.1, 0.15) is 19.3 Å². The Labute approximate surface area is 84.6 Å². The predicted molar refractivity (Wildman–Crippen MR) is 49.2 cm³/mol. The molecule has 3 aliphatic carbocycles. The minimum atomic E-state index is -2.64. The Hall–Kier alpha value is 0.590. The largest absolute Gasteiger partial charge is 0.325 e. The maximum absolute atomic E-state index is 13.0. The molecule has 0 saturated heterocycles. The predicted octanol–water partition coefficient (Wildman–Crippen LogP) is 2.32. The van der Waals surface area contributed by atoms with Gasteiger partial charge in [0.2, 0.25) is 0 Å². The number of hydrogen-bond acceptors (Lipinski definition) is 1. The minimum absolute atomic E-state index is 0. The van der Waals surface area contributed by atoms with Crippen LogP contribution in [0, 0.1) is 5.41 Å². The van der Waals surface area contributed by atoms with Crippen molar-refractivity contribution in [2.45, 2.75) is 29.5 Å². The van der Waals surface area contributed by atoms with Crippen LogP contribution in [0.3, 0.4) is 0 Å². The van der Waals surface area contributed by atoms with Crippen molar-refractivity contribution < 1.29 is 8.78 Å². The average molecular weight is 263 g/mol. The third-order valence-electron chi connectivity index (χ3n) is 3.00. The Balaban J connectivity index is 0.000000720. The molecule has 0 aliphatic heterocycles. The van der Waals surface area contributed by atoms with E-state index in [1.807, 2.05) is 0 Å². The Kier molecular flexibility index (Phi) is 2.26. The van der Waals surface area contributed by atoms with E-state index in [2.05, 4.69) is 15.9 Å². The fraction of sp³-hybridized carbons (Fsp3) is 1.00. The van der Waals surface area contributed by atoms with E-state index in [9.17, 15) is 8.78 Å². The normalized spacial score (nSPS) is 44.0. The van der Waals surface area contributed by atoms with Gasteiger partial charge in [-0.05, 0) is 19.3 Å². The molecule has 3 aliphatic rings. The molecule has 0 aromatic heterocycles. The van der Waals surface area contributed by atoms with Crippen molar-refractivity contribution in [3.63, 3.8) is 0 Å². The topological polar surface area (TPSA) is 26.0 Å². The molecule has 3 saturated carbocycles. The highest BCUT2D eigenvalue weighted by atomic mass is 79.9. The van der Waals surface area contributed by atoms with Crippen molar-refractivity contribution in [2.24, 2.45) is 11.1 Å². The number of rotatable bonds is 2. The molecular formula is C7H11BrClF2N. The van der Waals surface area contributed by atoms with Gasteiger partial charge in [0.15, 0.2) is 0 Å². The molecule has 3 fully saturated rings. The Morgan fingerprint density at radius 1 is 1.33 bits per heavy atom. The lowest BCUT2D eigenvalue weighted by atomic mass is 9.42. The molecule has 1 nitrogen and oxygen atoms in total. The Bertz CT molecular complexity index is 190. The lowest BCUT2D eigenvalue weighted by Gasteiger charge is -2.70. The van der Waals surface area contributed by atoms with Crippen LogP contribution in [0.15, 0.2) is 0 Å². The van der Waals surface area contributed by atoms with E-state index in [0.29, 0.717) is 19.3 Å². The standard InChI is InChI=1S/C7H10BrF2N.ClH/c8-6-1-5(2-6,3-6)7(9,10)4-11;/h1-4,11H2;1H. The molecule has 3 rings (SSSR count). The second-order valence-corrected chi connectivity index (χ2v) is 5.55. The van der Waals surface area contributed by atoms with E-state index in [-0.39, 0.29) is 16.7 Å². The highest BCUT2D eigenvalue weighted by molar-refractivity contribution is 9.10. The van der Waals surface area contributed by atoms with E-state index in [1.54, 1.807) is 0 Å². The first-order chi connectivity index (χ1) is 4.93. The van der Waals surface area contributed by atoms with Gasteiger partial charge < -0.3 is 5.73 Å². The van der Waals surface area contributed by atoms with Gasteiger partial charge in [0, 0.05) is 9.74 Å².